The SMILES string of the molecule is CNC(=O)C(NC(=O)CCc1c(C)nn(CC(C)C)c1C)c1ccc(F)c(F)c1. The summed E-state index contributed by atoms with van der Waals surface area (Å²) >= 11 is 0. The lowest BCUT2D eigenvalue weighted by Crippen LogP contribution is -2.39. The van der Waals surface area contributed by atoms with Gasteiger partial charge in [-0.25, -0.2) is 8.78 Å². The number of nitrogens with zero attached hydrogens (tertiary/aromatic N) is 2. The number of benzene rings is 1. The number of hydrogen-bond donors (Lipinski definition) is 2. The van der Waals surface area contributed by atoms with E-state index in [1.165, 1.54) is 13.1 Å². The Labute approximate surface area is 169 Å². The van der Waals surface area contributed by atoms with Gasteiger partial charge in [0.2, 0.25) is 11.8 Å². The zero-order chi connectivity index (χ0) is 21.7. The molecule has 0 aliphatic heterocycles. The van der Waals surface area contributed by atoms with Crippen molar-refractivity contribution >= 4 is 11.8 Å². The average Bonchev–Trinajstić information content (AvgIpc) is 2.92. The molecule has 1 atom stereocenters. The molecule has 2 N–H and O–H groups in total. The molecular formula is C21H28F2N4O2. The van der Waals surface area contributed by atoms with Crippen LogP contribution in [0, 0.1) is 31.4 Å². The molecule has 2 aromatic rings. The molecule has 2 amide bonds. The molecule has 0 spiro atoms. The lowest BCUT2D eigenvalue weighted by molar-refractivity contribution is -0.128. The maximum Gasteiger partial charge on any atom is 0.246 e. The van der Waals surface area contributed by atoms with Crippen molar-refractivity contribution in [3.8, 4) is 0 Å². The van der Waals surface area contributed by atoms with Crippen LogP contribution in [0.3, 0.4) is 0 Å². The van der Waals surface area contributed by atoms with E-state index >= 15 is 0 Å². The Morgan fingerprint density at radius 1 is 1.17 bits per heavy atom. The van der Waals surface area contributed by atoms with Crippen LogP contribution in [-0.4, -0.2) is 28.6 Å². The topological polar surface area (TPSA) is 76.0 Å². The van der Waals surface area contributed by atoms with Gasteiger partial charge in [0.25, 0.3) is 0 Å². The highest BCUT2D eigenvalue weighted by molar-refractivity contribution is 5.88. The Balaban J connectivity index is 2.10. The smallest absolute Gasteiger partial charge is 0.246 e. The van der Waals surface area contributed by atoms with Crippen LogP contribution in [0.25, 0.3) is 0 Å². The zero-order valence-corrected chi connectivity index (χ0v) is 17.5. The van der Waals surface area contributed by atoms with Crippen LogP contribution in [-0.2, 0) is 22.6 Å². The monoisotopic (exact) mass is 406 g/mol. The first kappa shape index (κ1) is 22.5. The average molecular weight is 406 g/mol. The standard InChI is InChI=1S/C21H28F2N4O2/c1-12(2)11-27-14(4)16(13(3)26-27)7-9-19(28)25-20(21(29)24-5)15-6-8-17(22)18(23)10-15/h6,8,10,12,20H,7,9,11H2,1-5H3,(H,24,29)(H,25,28). The van der Waals surface area contributed by atoms with Gasteiger partial charge >= 0.3 is 0 Å². The molecule has 158 valence electrons. The van der Waals surface area contributed by atoms with E-state index in [9.17, 15) is 18.4 Å². The third-order valence-electron chi connectivity index (χ3n) is 4.76. The first-order chi connectivity index (χ1) is 13.6. The maximum atomic E-state index is 13.6. The van der Waals surface area contributed by atoms with Crippen molar-refractivity contribution in [2.24, 2.45) is 5.92 Å². The number of halogens is 2. The van der Waals surface area contributed by atoms with Crippen molar-refractivity contribution in [1.29, 1.82) is 0 Å². The van der Waals surface area contributed by atoms with Gasteiger partial charge in [0.1, 0.15) is 6.04 Å². The van der Waals surface area contributed by atoms with Crippen LogP contribution in [0.2, 0.25) is 0 Å². The van der Waals surface area contributed by atoms with Crippen molar-refractivity contribution < 1.29 is 18.4 Å². The van der Waals surface area contributed by atoms with E-state index in [-0.39, 0.29) is 17.9 Å². The third-order valence-corrected chi connectivity index (χ3v) is 4.76. The Kier molecular flexibility index (Phi) is 7.47. The highest BCUT2D eigenvalue weighted by atomic mass is 19.2. The van der Waals surface area contributed by atoms with Gasteiger partial charge in [-0.15, -0.1) is 0 Å². The molecule has 1 aromatic heterocycles. The number of amides is 2. The maximum absolute atomic E-state index is 13.6. The molecule has 2 rings (SSSR count). The summed E-state index contributed by atoms with van der Waals surface area (Å²) in [5.74, 6) is -2.51. The van der Waals surface area contributed by atoms with Crippen molar-refractivity contribution in [1.82, 2.24) is 20.4 Å². The van der Waals surface area contributed by atoms with Gasteiger partial charge in [-0.2, -0.15) is 5.10 Å². The normalized spacial score (nSPS) is 12.1. The molecule has 0 fully saturated rings. The molecule has 0 aliphatic carbocycles. The van der Waals surface area contributed by atoms with Gasteiger partial charge in [0.05, 0.1) is 5.69 Å². The fourth-order valence-electron chi connectivity index (χ4n) is 3.23. The minimum Gasteiger partial charge on any atom is -0.357 e. The summed E-state index contributed by atoms with van der Waals surface area (Å²) in [5.41, 5.74) is 3.07. The van der Waals surface area contributed by atoms with Crippen molar-refractivity contribution in [3.05, 3.63) is 52.3 Å². The lowest BCUT2D eigenvalue weighted by atomic mass is 10.0. The van der Waals surface area contributed by atoms with Crippen molar-refractivity contribution in [2.45, 2.75) is 53.1 Å². The number of likely N-dealkylation sites (N-methyl/N-ethyl adjacent to an activating group) is 1. The summed E-state index contributed by atoms with van der Waals surface area (Å²) in [5, 5.41) is 9.58. The van der Waals surface area contributed by atoms with E-state index in [0.29, 0.717) is 12.3 Å². The van der Waals surface area contributed by atoms with Crippen LogP contribution in [0.1, 0.15) is 48.8 Å². The van der Waals surface area contributed by atoms with E-state index in [1.54, 1.807) is 0 Å². The number of aryl methyl sites for hydroxylation is 1. The van der Waals surface area contributed by atoms with E-state index in [2.05, 4.69) is 29.6 Å². The molecule has 8 heteroatoms. The van der Waals surface area contributed by atoms with Gasteiger partial charge < -0.3 is 10.6 Å². The van der Waals surface area contributed by atoms with E-state index in [0.717, 1.165) is 35.6 Å². The Morgan fingerprint density at radius 3 is 2.45 bits per heavy atom. The van der Waals surface area contributed by atoms with Crippen LogP contribution < -0.4 is 10.6 Å². The molecular weight excluding hydrogens is 378 g/mol. The Bertz CT molecular complexity index is 893. The summed E-state index contributed by atoms with van der Waals surface area (Å²) in [4.78, 5) is 24.7. The molecule has 1 aromatic carbocycles. The second kappa shape index (κ2) is 9.62. The number of nitrogens with one attached hydrogen (secondary N) is 2. The van der Waals surface area contributed by atoms with E-state index < -0.39 is 23.6 Å². The van der Waals surface area contributed by atoms with Crippen LogP contribution in [0.4, 0.5) is 8.78 Å². The first-order valence-electron chi connectivity index (χ1n) is 9.62. The molecule has 6 nitrogen and oxygen atoms in total. The van der Waals surface area contributed by atoms with Crippen LogP contribution in [0.15, 0.2) is 18.2 Å². The molecule has 29 heavy (non-hydrogen) atoms. The molecule has 0 saturated carbocycles. The summed E-state index contributed by atoms with van der Waals surface area (Å²) in [6, 6.07) is 2.03. The van der Waals surface area contributed by atoms with Crippen molar-refractivity contribution in [2.75, 3.05) is 7.05 Å². The summed E-state index contributed by atoms with van der Waals surface area (Å²) in [6.07, 6.45) is 0.617. The quantitative estimate of drug-likeness (QED) is 0.708. The minimum absolute atomic E-state index is 0.145. The largest absolute Gasteiger partial charge is 0.357 e. The predicted octanol–water partition coefficient (Wildman–Crippen LogP) is 2.97. The number of hydrogen-bond acceptors (Lipinski definition) is 3. The van der Waals surface area contributed by atoms with Gasteiger partial charge in [0, 0.05) is 25.7 Å². The highest BCUT2D eigenvalue weighted by Gasteiger charge is 2.23. The molecule has 0 aliphatic rings. The fourth-order valence-corrected chi connectivity index (χ4v) is 3.23. The third kappa shape index (κ3) is 5.62. The number of carbonyl (C=O) groups excluding carboxylic acids is 2. The van der Waals surface area contributed by atoms with Gasteiger partial charge in [-0.05, 0) is 49.4 Å². The zero-order valence-electron chi connectivity index (χ0n) is 17.5. The van der Waals surface area contributed by atoms with E-state index in [1.807, 2.05) is 18.5 Å². The van der Waals surface area contributed by atoms with Gasteiger partial charge in [-0.1, -0.05) is 19.9 Å². The van der Waals surface area contributed by atoms with Gasteiger partial charge in [-0.3, -0.25) is 14.3 Å². The Hall–Kier alpha value is -2.77. The Morgan fingerprint density at radius 2 is 1.86 bits per heavy atom. The van der Waals surface area contributed by atoms with E-state index in [4.69, 9.17) is 0 Å². The van der Waals surface area contributed by atoms with Crippen molar-refractivity contribution in [3.63, 3.8) is 0 Å². The predicted molar refractivity (Wildman–Crippen MR) is 106 cm³/mol. The number of rotatable bonds is 8. The number of carbonyl (C=O) groups is 2. The molecule has 0 bridgehead atoms. The summed E-state index contributed by atoms with van der Waals surface area (Å²) in [7, 11) is 1.41. The molecule has 0 radical (unpaired) electrons. The number of aromatic nitrogens is 2. The summed E-state index contributed by atoms with van der Waals surface area (Å²) in [6.45, 7) is 8.91. The molecule has 1 unspecified atom stereocenters. The summed E-state index contributed by atoms with van der Waals surface area (Å²) < 4.78 is 28.7. The van der Waals surface area contributed by atoms with Crippen LogP contribution in [0.5, 0.6) is 0 Å². The first-order valence-corrected chi connectivity index (χ1v) is 9.62. The lowest BCUT2D eigenvalue weighted by Gasteiger charge is -2.18. The highest BCUT2D eigenvalue weighted by Crippen LogP contribution is 2.19. The second-order valence-corrected chi connectivity index (χ2v) is 7.51. The van der Waals surface area contributed by atoms with Crippen LogP contribution >= 0.6 is 0 Å². The molecule has 1 heterocycles. The minimum atomic E-state index is -1.10. The molecule has 0 saturated heterocycles. The second-order valence-electron chi connectivity index (χ2n) is 7.51. The fraction of sp³-hybridized carbons (Fsp3) is 0.476. The van der Waals surface area contributed by atoms with Gasteiger partial charge in [0.15, 0.2) is 11.6 Å².